The van der Waals surface area contributed by atoms with Crippen LogP contribution < -0.4 is 29.6 Å². The van der Waals surface area contributed by atoms with E-state index < -0.39 is 10.8 Å². The monoisotopic (exact) mass is 921 g/mol. The zero-order valence-corrected chi connectivity index (χ0v) is 41.0. The minimum atomic E-state index is -0.485. The number of phenolic OH excluding ortho intramolecular Hbond substituents is 1. The van der Waals surface area contributed by atoms with Gasteiger partial charge in [0, 0.05) is 116 Å². The van der Waals surface area contributed by atoms with E-state index in [0.717, 1.165) is 39.7 Å². The first-order valence-corrected chi connectivity index (χ1v) is 25.3. The minimum absolute atomic E-state index is 0. The van der Waals surface area contributed by atoms with E-state index in [0.29, 0.717) is 11.1 Å². The minimum Gasteiger partial charge on any atom is -1.00 e. The Balaban J connectivity index is 0.000000330. The summed E-state index contributed by atoms with van der Waals surface area (Å²) in [5.74, 6) is 0.265. The third-order valence-corrected chi connectivity index (χ3v) is 14.9. The van der Waals surface area contributed by atoms with Crippen molar-refractivity contribution >= 4 is 95.0 Å². The van der Waals surface area contributed by atoms with Crippen molar-refractivity contribution in [3.8, 4) is 33.8 Å². The number of benzene rings is 6. The summed E-state index contributed by atoms with van der Waals surface area (Å²) in [6.07, 6.45) is 0.724. The second-order valence-corrected chi connectivity index (χ2v) is 20.6. The van der Waals surface area contributed by atoms with Gasteiger partial charge in [0.1, 0.15) is 11.5 Å². The molecular weight excluding hydrogens is 883 g/mol. The van der Waals surface area contributed by atoms with E-state index in [4.69, 9.17) is 0 Å². The van der Waals surface area contributed by atoms with Crippen molar-refractivity contribution in [2.45, 2.75) is 45.1 Å². The Morgan fingerprint density at radius 2 is 0.862 bits per heavy atom. The molecule has 291 valence electrons. The SMILES string of the molecule is Cc1cc(C=O)c(O)c(C2(C)c3ccccc3-c3ccccc32)c1.Cc1cc(CO)c(O)c(C2(C)c3ccccc3-c3ccccc32)c1.S=S=S=S.S=S=S=S.[B].[H-].[Na+]. The van der Waals surface area contributed by atoms with Crippen molar-refractivity contribution < 1.29 is 51.1 Å². The van der Waals surface area contributed by atoms with E-state index in [2.05, 4.69) is 119 Å². The first-order chi connectivity index (χ1) is 27.0. The van der Waals surface area contributed by atoms with Gasteiger partial charge in [-0.1, -0.05) is 121 Å². The maximum Gasteiger partial charge on any atom is 1.00 e. The Hall–Kier alpha value is -2.63. The Morgan fingerprint density at radius 3 is 1.17 bits per heavy atom. The number of aryl methyl sites for hydroxylation is 2. The quantitative estimate of drug-likeness (QED) is 0.145. The van der Waals surface area contributed by atoms with Gasteiger partial charge in [0.05, 0.1) is 12.2 Å². The number of carbonyl (C=O) groups is 1. The molecule has 8 rings (SSSR count). The summed E-state index contributed by atoms with van der Waals surface area (Å²) in [6.45, 7) is 8.07. The number of aliphatic hydroxyl groups excluding tert-OH is 1. The van der Waals surface area contributed by atoms with Crippen LogP contribution in [0.5, 0.6) is 11.5 Å². The Bertz CT molecular complexity index is 2510. The molecule has 0 bridgehead atoms. The van der Waals surface area contributed by atoms with Gasteiger partial charge < -0.3 is 16.7 Å². The fourth-order valence-electron chi connectivity index (χ4n) is 8.12. The fourth-order valence-corrected chi connectivity index (χ4v) is 8.12. The number of hydrogen-bond donors (Lipinski definition) is 3. The van der Waals surface area contributed by atoms with E-state index in [9.17, 15) is 20.1 Å². The molecule has 2 aliphatic rings. The normalized spacial score (nSPS) is 12.4. The smallest absolute Gasteiger partial charge is 1.00 e. The van der Waals surface area contributed by atoms with Crippen LogP contribution in [0.1, 0.15) is 75.7 Å². The van der Waals surface area contributed by atoms with Crippen LogP contribution in [0.15, 0.2) is 121 Å². The number of aliphatic hydroxyl groups is 1. The third-order valence-electron chi connectivity index (χ3n) is 10.5. The molecule has 6 aromatic rings. The molecule has 14 heteroatoms. The van der Waals surface area contributed by atoms with Crippen LogP contribution >= 0.6 is 0 Å². The van der Waals surface area contributed by atoms with Gasteiger partial charge in [-0.15, -0.1) is 0 Å². The molecule has 0 aliphatic heterocycles. The maximum atomic E-state index is 11.4. The predicted molar refractivity (Wildman–Crippen MR) is 258 cm³/mol. The van der Waals surface area contributed by atoms with Crippen molar-refractivity contribution in [1.82, 2.24) is 0 Å². The van der Waals surface area contributed by atoms with Crippen LogP contribution in [-0.4, -0.2) is 30.0 Å². The van der Waals surface area contributed by atoms with E-state index >= 15 is 0 Å². The Kier molecular flexibility index (Phi) is 19.1. The second kappa shape index (κ2) is 22.3. The average molecular weight is 922 g/mol. The zero-order chi connectivity index (χ0) is 40.6. The van der Waals surface area contributed by atoms with Crippen molar-refractivity contribution in [2.75, 3.05) is 0 Å². The summed E-state index contributed by atoms with van der Waals surface area (Å²) >= 11 is 17.3. The van der Waals surface area contributed by atoms with Crippen LogP contribution in [0.25, 0.3) is 22.3 Å². The molecule has 2 aliphatic carbocycles. The van der Waals surface area contributed by atoms with Gasteiger partial charge in [0.2, 0.25) is 0 Å². The summed E-state index contributed by atoms with van der Waals surface area (Å²) < 4.78 is 0. The largest absolute Gasteiger partial charge is 1.00 e. The van der Waals surface area contributed by atoms with Gasteiger partial charge in [-0.3, -0.25) is 4.79 Å². The molecule has 4 nitrogen and oxygen atoms in total. The average Bonchev–Trinajstić information content (AvgIpc) is 3.66. The van der Waals surface area contributed by atoms with E-state index in [1.807, 2.05) is 68.4 Å². The van der Waals surface area contributed by atoms with Crippen molar-refractivity contribution in [1.29, 1.82) is 0 Å². The molecular formula is C44H39BNaO4S8. The third kappa shape index (κ3) is 9.62. The number of carbonyl (C=O) groups excluding carboxylic acids is 1. The van der Waals surface area contributed by atoms with E-state index in [1.165, 1.54) is 68.9 Å². The van der Waals surface area contributed by atoms with Gasteiger partial charge in [0.25, 0.3) is 0 Å². The number of aldehydes is 1. The van der Waals surface area contributed by atoms with E-state index in [1.54, 1.807) is 6.07 Å². The predicted octanol–water partition coefficient (Wildman–Crippen LogP) is 6.09. The molecule has 0 unspecified atom stereocenters. The summed E-state index contributed by atoms with van der Waals surface area (Å²) in [6, 6.07) is 40.9. The van der Waals surface area contributed by atoms with Gasteiger partial charge in [-0.2, -0.15) is 0 Å². The summed E-state index contributed by atoms with van der Waals surface area (Å²) in [5, 5.41) is 31.2. The number of rotatable bonds is 4. The zero-order valence-electron chi connectivity index (χ0n) is 33.4. The van der Waals surface area contributed by atoms with Crippen LogP contribution in [0.2, 0.25) is 0 Å². The molecule has 0 aromatic heterocycles. The van der Waals surface area contributed by atoms with Gasteiger partial charge in [-0.25, -0.2) is 0 Å². The number of aromatic hydroxyl groups is 2. The first kappa shape index (κ1) is 49.7. The molecule has 3 radical (unpaired) electrons. The van der Waals surface area contributed by atoms with Crippen LogP contribution in [0.3, 0.4) is 0 Å². The molecule has 6 aromatic carbocycles. The molecule has 58 heavy (non-hydrogen) atoms. The van der Waals surface area contributed by atoms with Crippen molar-refractivity contribution in [3.05, 3.63) is 177 Å². The maximum absolute atomic E-state index is 11.4. The van der Waals surface area contributed by atoms with Gasteiger partial charge >= 0.3 is 29.6 Å². The standard InChI is InChI=1S/C22H20O2.C22H18O2.B.Na.2S4.H/c2*1-14-11-15(13-23)21(24)20(12-14)22(2)18-9-5-3-7-16(18)17-8-4-6-10-19(17)22;;;2*1-3-4-2;/h3-12,23-24H,13H2,1-2H3;3-13,24H,1-2H3;;;;;/q;;;+1;;;-1. The van der Waals surface area contributed by atoms with Gasteiger partial charge in [0.15, 0.2) is 6.29 Å². The number of fused-ring (bicyclic) bond motifs is 6. The molecule has 0 saturated carbocycles. The number of phenols is 2. The Morgan fingerprint density at radius 1 is 0.552 bits per heavy atom. The molecule has 0 fully saturated rings. The molecule has 0 saturated heterocycles. The summed E-state index contributed by atoms with van der Waals surface area (Å²) in [5.41, 5.74) is 13.1. The topological polar surface area (TPSA) is 77.8 Å². The summed E-state index contributed by atoms with van der Waals surface area (Å²) in [7, 11) is 4.69. The van der Waals surface area contributed by atoms with Gasteiger partial charge in [-0.05, 0) is 83.8 Å². The molecule has 3 N–H and O–H groups in total. The second-order valence-electron chi connectivity index (χ2n) is 13.6. The first-order valence-electron chi connectivity index (χ1n) is 17.3. The van der Waals surface area contributed by atoms with Crippen LogP contribution in [-0.2, 0) is 97.7 Å². The van der Waals surface area contributed by atoms with E-state index in [-0.39, 0.29) is 57.5 Å². The molecule has 0 spiro atoms. The van der Waals surface area contributed by atoms with Crippen molar-refractivity contribution in [2.24, 2.45) is 0 Å². The van der Waals surface area contributed by atoms with Crippen molar-refractivity contribution in [3.63, 3.8) is 0 Å². The molecule has 0 atom stereocenters. The van der Waals surface area contributed by atoms with Crippen LogP contribution in [0.4, 0.5) is 0 Å². The molecule has 0 heterocycles. The number of hydrogen-bond acceptors (Lipinski definition) is 8. The summed E-state index contributed by atoms with van der Waals surface area (Å²) in [4.78, 5) is 11.4. The van der Waals surface area contributed by atoms with Crippen LogP contribution in [0, 0.1) is 13.8 Å². The Labute approximate surface area is 397 Å². The molecule has 0 amide bonds. The fraction of sp³-hybridized carbons (Fsp3) is 0.159.